The lowest BCUT2D eigenvalue weighted by molar-refractivity contribution is -0.378. The molecule has 3 aliphatic rings. The van der Waals surface area contributed by atoms with E-state index in [0.29, 0.717) is 0 Å². The zero-order chi connectivity index (χ0) is 26.9. The normalized spacial score (nSPS) is 50.0. The lowest BCUT2D eigenvalue weighted by Gasteiger charge is -2.48. The third-order valence-electron chi connectivity index (χ3n) is 6.46. The highest BCUT2D eigenvalue weighted by atomic mass is 16.8. The minimum Gasteiger partial charge on any atom is -0.394 e. The molecule has 15 atom stereocenters. The standard InChI is InChI=1S/C20H35NO15/c1-5-10(25)16(35-20-15(30)14(29)12(27)8(4-23)34-20)17(18(31)32-5)36-19-9(21-6(2)24)13(28)11(26)7(3-22)33-19/h5,7-20,22-23,25-31H,3-4H2,1-2H3,(H,21,24)/t5-,7+,8+,9+,10-,11+,12+,13+,14-,15+,16+,17+,18?,19-,20+/m0/s1. The van der Waals surface area contributed by atoms with E-state index in [9.17, 15) is 50.8 Å². The van der Waals surface area contributed by atoms with E-state index in [2.05, 4.69) is 5.32 Å². The average molecular weight is 529 g/mol. The van der Waals surface area contributed by atoms with Crippen LogP contribution in [0.1, 0.15) is 13.8 Å². The molecule has 210 valence electrons. The maximum atomic E-state index is 11.7. The number of aliphatic hydroxyl groups excluding tert-OH is 9. The van der Waals surface area contributed by atoms with Crippen molar-refractivity contribution in [3.63, 3.8) is 0 Å². The zero-order valence-corrected chi connectivity index (χ0v) is 19.5. The van der Waals surface area contributed by atoms with Crippen molar-refractivity contribution >= 4 is 5.91 Å². The number of ether oxygens (including phenoxy) is 5. The molecule has 10 N–H and O–H groups in total. The Morgan fingerprint density at radius 2 is 1.25 bits per heavy atom. The highest BCUT2D eigenvalue weighted by molar-refractivity contribution is 5.73. The van der Waals surface area contributed by atoms with E-state index in [1.54, 1.807) is 0 Å². The Balaban J connectivity index is 1.86. The van der Waals surface area contributed by atoms with Crippen LogP contribution in [0.25, 0.3) is 0 Å². The van der Waals surface area contributed by atoms with Crippen molar-refractivity contribution in [3.05, 3.63) is 0 Å². The summed E-state index contributed by atoms with van der Waals surface area (Å²) in [6.07, 6.45) is -22.1. The van der Waals surface area contributed by atoms with Crippen LogP contribution in [-0.2, 0) is 28.5 Å². The summed E-state index contributed by atoms with van der Waals surface area (Å²) in [5.74, 6) is -0.630. The van der Waals surface area contributed by atoms with Crippen LogP contribution in [0.15, 0.2) is 0 Å². The number of hydrogen-bond acceptors (Lipinski definition) is 15. The molecule has 1 amide bonds. The van der Waals surface area contributed by atoms with E-state index in [-0.39, 0.29) is 0 Å². The van der Waals surface area contributed by atoms with Crippen LogP contribution in [0.3, 0.4) is 0 Å². The number of hydrogen-bond donors (Lipinski definition) is 10. The van der Waals surface area contributed by atoms with Crippen LogP contribution in [0.4, 0.5) is 0 Å². The summed E-state index contributed by atoms with van der Waals surface area (Å²) in [6.45, 7) is 1.05. The summed E-state index contributed by atoms with van der Waals surface area (Å²) in [6, 6.07) is -1.39. The van der Waals surface area contributed by atoms with Crippen molar-refractivity contribution in [2.45, 2.75) is 106 Å². The molecular weight excluding hydrogens is 494 g/mol. The van der Waals surface area contributed by atoms with Gasteiger partial charge >= 0.3 is 0 Å². The molecule has 0 bridgehead atoms. The number of rotatable bonds is 7. The smallest absolute Gasteiger partial charge is 0.217 e. The SMILES string of the molecule is CC(=O)N[C@H]1[C@H](O[C@H]2C(O)O[C@@H](C)[C@H](O)[C@H]2O[C@H]2O[C@H](CO)[C@@H](O)[C@H](O)[C@H]2O)O[C@H](CO)[C@@H](O)[C@@H]1O. The predicted molar refractivity (Wildman–Crippen MR) is 111 cm³/mol. The van der Waals surface area contributed by atoms with E-state index < -0.39 is 111 Å². The van der Waals surface area contributed by atoms with Crippen LogP contribution in [-0.4, -0.2) is 157 Å². The molecule has 0 aromatic carbocycles. The van der Waals surface area contributed by atoms with E-state index >= 15 is 0 Å². The Kier molecular flexibility index (Phi) is 9.97. The highest BCUT2D eigenvalue weighted by Crippen LogP contribution is 2.32. The van der Waals surface area contributed by atoms with Crippen molar-refractivity contribution in [2.75, 3.05) is 13.2 Å². The van der Waals surface area contributed by atoms with Crippen molar-refractivity contribution in [3.8, 4) is 0 Å². The van der Waals surface area contributed by atoms with Gasteiger partial charge in [-0.25, -0.2) is 0 Å². The Morgan fingerprint density at radius 3 is 1.81 bits per heavy atom. The predicted octanol–water partition coefficient (Wildman–Crippen LogP) is -6.40. The third-order valence-corrected chi connectivity index (χ3v) is 6.46. The number of amides is 1. The van der Waals surface area contributed by atoms with Gasteiger partial charge in [0.05, 0.1) is 19.3 Å². The summed E-state index contributed by atoms with van der Waals surface area (Å²) < 4.78 is 27.4. The second-order valence-electron chi connectivity index (χ2n) is 9.05. The lowest BCUT2D eigenvalue weighted by atomic mass is 9.95. The summed E-state index contributed by atoms with van der Waals surface area (Å²) in [7, 11) is 0. The van der Waals surface area contributed by atoms with Gasteiger partial charge < -0.3 is 75.0 Å². The van der Waals surface area contributed by atoms with Gasteiger partial charge in [-0.05, 0) is 6.92 Å². The van der Waals surface area contributed by atoms with Gasteiger partial charge in [-0.3, -0.25) is 4.79 Å². The maximum absolute atomic E-state index is 11.7. The average Bonchev–Trinajstić information content (AvgIpc) is 2.83. The van der Waals surface area contributed by atoms with Gasteiger partial charge in [0.1, 0.15) is 67.1 Å². The lowest BCUT2D eigenvalue weighted by Crippen LogP contribution is -2.68. The molecule has 0 aromatic heterocycles. The fourth-order valence-corrected chi connectivity index (χ4v) is 4.38. The summed E-state index contributed by atoms with van der Waals surface area (Å²) in [5, 5.41) is 93.6. The Hall–Kier alpha value is -1.09. The molecule has 3 saturated heterocycles. The summed E-state index contributed by atoms with van der Waals surface area (Å²) in [5.41, 5.74) is 0. The molecule has 16 heteroatoms. The largest absolute Gasteiger partial charge is 0.394 e. The molecule has 1 unspecified atom stereocenters. The molecule has 0 aromatic rings. The zero-order valence-electron chi connectivity index (χ0n) is 19.5. The van der Waals surface area contributed by atoms with Gasteiger partial charge in [0.2, 0.25) is 5.91 Å². The quantitative estimate of drug-likeness (QED) is 0.147. The molecular formula is C20H35NO15. The minimum absolute atomic E-state index is 0.630. The first-order chi connectivity index (χ1) is 16.9. The maximum Gasteiger partial charge on any atom is 0.217 e. The molecule has 3 heterocycles. The molecule has 16 nitrogen and oxygen atoms in total. The van der Waals surface area contributed by atoms with Crippen LogP contribution in [0.5, 0.6) is 0 Å². The van der Waals surface area contributed by atoms with Gasteiger partial charge in [0, 0.05) is 6.92 Å². The second kappa shape index (κ2) is 12.2. The van der Waals surface area contributed by atoms with Gasteiger partial charge in [-0.1, -0.05) is 0 Å². The van der Waals surface area contributed by atoms with E-state index in [0.717, 1.165) is 6.92 Å². The van der Waals surface area contributed by atoms with Crippen molar-refractivity contribution in [1.82, 2.24) is 5.32 Å². The first-order valence-electron chi connectivity index (χ1n) is 11.4. The van der Waals surface area contributed by atoms with Gasteiger partial charge in [-0.2, -0.15) is 0 Å². The van der Waals surface area contributed by atoms with E-state index in [4.69, 9.17) is 23.7 Å². The molecule has 3 rings (SSSR count). The Bertz CT molecular complexity index is 729. The summed E-state index contributed by atoms with van der Waals surface area (Å²) in [4.78, 5) is 11.7. The molecule has 0 aliphatic carbocycles. The van der Waals surface area contributed by atoms with Crippen LogP contribution in [0, 0.1) is 0 Å². The fraction of sp³-hybridized carbons (Fsp3) is 0.950. The number of nitrogens with one attached hydrogen (secondary N) is 1. The second-order valence-corrected chi connectivity index (χ2v) is 9.05. The van der Waals surface area contributed by atoms with Crippen molar-refractivity contribution in [1.29, 1.82) is 0 Å². The molecule has 0 saturated carbocycles. The monoisotopic (exact) mass is 529 g/mol. The van der Waals surface area contributed by atoms with Crippen LogP contribution >= 0.6 is 0 Å². The van der Waals surface area contributed by atoms with E-state index in [1.807, 2.05) is 0 Å². The highest BCUT2D eigenvalue weighted by Gasteiger charge is 2.53. The molecule has 3 aliphatic heterocycles. The van der Waals surface area contributed by atoms with Crippen LogP contribution < -0.4 is 5.32 Å². The Labute approximate surface area is 205 Å². The fourth-order valence-electron chi connectivity index (χ4n) is 4.38. The third kappa shape index (κ3) is 5.97. The molecule has 0 spiro atoms. The van der Waals surface area contributed by atoms with Gasteiger partial charge in [0.15, 0.2) is 18.9 Å². The van der Waals surface area contributed by atoms with Crippen LogP contribution in [0.2, 0.25) is 0 Å². The molecule has 3 fully saturated rings. The van der Waals surface area contributed by atoms with Crippen molar-refractivity contribution in [2.24, 2.45) is 0 Å². The number of aliphatic hydroxyl groups is 9. The van der Waals surface area contributed by atoms with Gasteiger partial charge in [-0.15, -0.1) is 0 Å². The Morgan fingerprint density at radius 1 is 0.722 bits per heavy atom. The summed E-state index contributed by atoms with van der Waals surface area (Å²) >= 11 is 0. The first-order valence-corrected chi connectivity index (χ1v) is 11.4. The first kappa shape index (κ1) is 29.5. The molecule has 36 heavy (non-hydrogen) atoms. The van der Waals surface area contributed by atoms with Gasteiger partial charge in [0.25, 0.3) is 0 Å². The number of carbonyl (C=O) groups excluding carboxylic acids is 1. The minimum atomic E-state index is -1.83. The van der Waals surface area contributed by atoms with E-state index in [1.165, 1.54) is 6.92 Å². The number of carbonyl (C=O) groups is 1. The molecule has 0 radical (unpaired) electrons. The topological polar surface area (TPSA) is 257 Å². The van der Waals surface area contributed by atoms with Crippen molar-refractivity contribution < 1.29 is 74.4 Å².